The van der Waals surface area contributed by atoms with E-state index in [4.69, 9.17) is 27.2 Å². The van der Waals surface area contributed by atoms with Gasteiger partial charge in [0.05, 0.1) is 21.8 Å². The van der Waals surface area contributed by atoms with Gasteiger partial charge in [-0.3, -0.25) is 10.2 Å². The van der Waals surface area contributed by atoms with Gasteiger partial charge in [0.25, 0.3) is 0 Å². The molecule has 0 aliphatic carbocycles. The average Bonchev–Trinajstić information content (AvgIpc) is 2.66. The number of ketones is 1. The molecule has 0 saturated heterocycles. The highest BCUT2D eigenvalue weighted by molar-refractivity contribution is 8.25. The van der Waals surface area contributed by atoms with Crippen LogP contribution in [0.2, 0.25) is 5.02 Å². The summed E-state index contributed by atoms with van der Waals surface area (Å²) in [5.74, 6) is -0.675. The Morgan fingerprint density at radius 2 is 1.62 bits per heavy atom. The zero-order valence-corrected chi connectivity index (χ0v) is 18.8. The number of carbonyl (C=O) groups is 2. The van der Waals surface area contributed by atoms with Gasteiger partial charge < -0.3 is 10.1 Å². The van der Waals surface area contributed by atoms with Crippen molar-refractivity contribution in [1.82, 2.24) is 0 Å². The highest BCUT2D eigenvalue weighted by Gasteiger charge is 2.34. The molecule has 0 bridgehead atoms. The number of anilines is 1. The minimum absolute atomic E-state index is 0.0690. The summed E-state index contributed by atoms with van der Waals surface area (Å²) >= 11 is 6.26. The Hall–Kier alpha value is -2.85. The molecule has 6 nitrogen and oxygen atoms in total. The van der Waals surface area contributed by atoms with Crippen LogP contribution in [-0.2, 0) is 10.9 Å². The number of hydrogen-bond acceptors (Lipinski definition) is 6. The van der Waals surface area contributed by atoms with Gasteiger partial charge in [-0.2, -0.15) is 13.2 Å². The highest BCUT2D eigenvalue weighted by Crippen LogP contribution is 2.35. The van der Waals surface area contributed by atoms with E-state index in [1.54, 1.807) is 20.8 Å². The van der Waals surface area contributed by atoms with Crippen LogP contribution in [0.4, 0.5) is 23.7 Å². The third kappa shape index (κ3) is 6.33. The first-order valence-electron chi connectivity index (χ1n) is 9.03. The van der Waals surface area contributed by atoms with Crippen LogP contribution in [0.5, 0.6) is 0 Å². The van der Waals surface area contributed by atoms with Gasteiger partial charge in [0.2, 0.25) is 0 Å². The van der Waals surface area contributed by atoms with Crippen LogP contribution in [0.3, 0.4) is 0 Å². The van der Waals surface area contributed by atoms with Crippen LogP contribution in [0.15, 0.2) is 42.5 Å². The summed E-state index contributed by atoms with van der Waals surface area (Å²) in [6.07, 6.45) is -5.57. The Morgan fingerprint density at radius 3 is 2.12 bits per heavy atom. The maximum Gasteiger partial charge on any atom is 0.421 e. The second kappa shape index (κ2) is 9.74. The van der Waals surface area contributed by atoms with Crippen molar-refractivity contribution < 1.29 is 27.5 Å². The van der Waals surface area contributed by atoms with Crippen molar-refractivity contribution >= 4 is 51.6 Å². The molecule has 2 N–H and O–H groups in total. The average molecular weight is 486 g/mol. The number of alkyl halides is 3. The molecular formula is C21H19ClF3N3O3S. The Labute approximate surface area is 191 Å². The molecule has 0 aliphatic rings. The van der Waals surface area contributed by atoms with Crippen molar-refractivity contribution in [3.05, 3.63) is 64.2 Å². The van der Waals surface area contributed by atoms with E-state index >= 15 is 0 Å². The number of hydrogen-bond donors (Lipinski definition) is 2. The number of benzene rings is 2. The molecule has 11 heteroatoms. The number of thioether (sulfide) groups is 1. The molecule has 0 spiro atoms. The maximum atomic E-state index is 13.1. The van der Waals surface area contributed by atoms with Crippen LogP contribution in [-0.4, -0.2) is 28.2 Å². The monoisotopic (exact) mass is 485 g/mol. The minimum Gasteiger partial charge on any atom is -0.443 e. The summed E-state index contributed by atoms with van der Waals surface area (Å²) in [4.78, 5) is 26.2. The fourth-order valence-corrected chi connectivity index (χ4v) is 3.16. The molecule has 1 amide bonds. The number of rotatable bonds is 4. The number of ether oxygens (including phenoxy) is 1. The van der Waals surface area contributed by atoms with Crippen molar-refractivity contribution in [1.29, 1.82) is 10.8 Å². The van der Waals surface area contributed by atoms with Gasteiger partial charge in [-0.25, -0.2) is 9.69 Å². The zero-order valence-electron chi connectivity index (χ0n) is 17.2. The minimum atomic E-state index is -4.71. The molecule has 2 aromatic rings. The normalized spacial score (nSPS) is 11.6. The van der Waals surface area contributed by atoms with E-state index in [2.05, 4.69) is 0 Å². The van der Waals surface area contributed by atoms with E-state index in [1.807, 2.05) is 0 Å². The first-order valence-corrected chi connectivity index (χ1v) is 10.3. The van der Waals surface area contributed by atoms with E-state index in [1.165, 1.54) is 30.3 Å². The van der Waals surface area contributed by atoms with Gasteiger partial charge in [0.1, 0.15) is 5.60 Å². The molecule has 0 fully saturated rings. The van der Waals surface area contributed by atoms with Crippen molar-refractivity contribution in [2.24, 2.45) is 0 Å². The summed E-state index contributed by atoms with van der Waals surface area (Å²) < 4.78 is 44.6. The number of nitrogens with one attached hydrogen (secondary N) is 2. The van der Waals surface area contributed by atoms with Gasteiger partial charge in [0.15, 0.2) is 11.0 Å². The van der Waals surface area contributed by atoms with E-state index in [0.29, 0.717) is 17.8 Å². The summed E-state index contributed by atoms with van der Waals surface area (Å²) in [5, 5.41) is 14.4. The lowest BCUT2D eigenvalue weighted by Crippen LogP contribution is -2.39. The smallest absolute Gasteiger partial charge is 0.421 e. The first-order chi connectivity index (χ1) is 14.7. The lowest BCUT2D eigenvalue weighted by molar-refractivity contribution is -0.137. The lowest BCUT2D eigenvalue weighted by atomic mass is 10.0. The third-order valence-electron chi connectivity index (χ3n) is 3.87. The maximum absolute atomic E-state index is 13.1. The molecule has 0 aromatic heterocycles. The lowest BCUT2D eigenvalue weighted by Gasteiger charge is -2.27. The van der Waals surface area contributed by atoms with Crippen LogP contribution >= 0.6 is 23.4 Å². The predicted molar refractivity (Wildman–Crippen MR) is 119 cm³/mol. The topological polar surface area (TPSA) is 94.3 Å². The van der Waals surface area contributed by atoms with Crippen molar-refractivity contribution in [2.75, 3.05) is 4.90 Å². The Kier molecular flexibility index (Phi) is 7.74. The summed E-state index contributed by atoms with van der Waals surface area (Å²) in [6, 6.07) is 8.23. The molecule has 0 saturated carbocycles. The van der Waals surface area contributed by atoms with Gasteiger partial charge >= 0.3 is 12.3 Å². The molecule has 0 unspecified atom stereocenters. The molecule has 0 radical (unpaired) electrons. The van der Waals surface area contributed by atoms with Gasteiger partial charge in [0, 0.05) is 11.1 Å². The number of halogens is 4. The number of amidine groups is 1. The molecule has 2 rings (SSSR count). The molecule has 2 aromatic carbocycles. The molecule has 170 valence electrons. The van der Waals surface area contributed by atoms with Gasteiger partial charge in [-0.15, -0.1) is 0 Å². The zero-order chi connectivity index (χ0) is 24.3. The third-order valence-corrected chi connectivity index (χ3v) is 4.72. The van der Waals surface area contributed by atoms with Crippen molar-refractivity contribution in [2.45, 2.75) is 32.5 Å². The van der Waals surface area contributed by atoms with E-state index in [0.717, 1.165) is 16.5 Å². The molecular weight excluding hydrogens is 467 g/mol. The van der Waals surface area contributed by atoms with Crippen LogP contribution < -0.4 is 4.90 Å². The van der Waals surface area contributed by atoms with Crippen LogP contribution in [0, 0.1) is 10.8 Å². The second-order valence-electron chi connectivity index (χ2n) is 7.42. The summed E-state index contributed by atoms with van der Waals surface area (Å²) in [7, 11) is 0. The van der Waals surface area contributed by atoms with Crippen LogP contribution in [0.1, 0.15) is 42.3 Å². The summed E-state index contributed by atoms with van der Waals surface area (Å²) in [6.45, 7) is 4.96. The van der Waals surface area contributed by atoms with Crippen molar-refractivity contribution in [3.8, 4) is 0 Å². The van der Waals surface area contributed by atoms with E-state index in [9.17, 15) is 22.8 Å². The molecule has 0 atom stereocenters. The van der Waals surface area contributed by atoms with Crippen molar-refractivity contribution in [3.63, 3.8) is 0 Å². The fraction of sp³-hybridized carbons (Fsp3) is 0.238. The quantitative estimate of drug-likeness (QED) is 0.289. The fourth-order valence-electron chi connectivity index (χ4n) is 2.53. The predicted octanol–water partition coefficient (Wildman–Crippen LogP) is 6.61. The number of amides is 1. The van der Waals surface area contributed by atoms with Gasteiger partial charge in [-0.1, -0.05) is 11.6 Å². The van der Waals surface area contributed by atoms with E-state index < -0.39 is 34.2 Å². The Bertz CT molecular complexity index is 1050. The molecule has 32 heavy (non-hydrogen) atoms. The second-order valence-corrected chi connectivity index (χ2v) is 8.69. The Balaban J connectivity index is 2.37. The highest BCUT2D eigenvalue weighted by atomic mass is 35.5. The number of nitrogens with zero attached hydrogens (tertiary/aromatic N) is 1. The molecule has 0 aliphatic heterocycles. The summed E-state index contributed by atoms with van der Waals surface area (Å²) in [5.41, 5.74) is -1.04. The largest absolute Gasteiger partial charge is 0.443 e. The van der Waals surface area contributed by atoms with Crippen LogP contribution in [0.25, 0.3) is 0 Å². The van der Waals surface area contributed by atoms with E-state index in [-0.39, 0.29) is 22.0 Å². The first kappa shape index (κ1) is 25.4. The number of carbonyl (C=O) groups excluding carboxylic acids is 2. The Morgan fingerprint density at radius 1 is 1.06 bits per heavy atom. The standard InChI is InChI=1S/C21H19ClF3N3O3S/c1-20(2,3)31-19(30)28(18(27)32-11-26)14-7-4-12(5-8-14)17(29)13-6-9-16(22)15(10-13)21(23,24)25/h4-11,26-27H,1-3H3. The van der Waals surface area contributed by atoms with Gasteiger partial charge in [-0.05, 0) is 75.0 Å². The molecule has 0 heterocycles. The SMILES string of the molecule is CC(C)(C)OC(=O)N(C(=N)SC=N)c1ccc(C(=O)c2ccc(Cl)c(C(F)(F)F)c2)cc1.